The summed E-state index contributed by atoms with van der Waals surface area (Å²) in [6, 6.07) is 0.489. The Labute approximate surface area is 115 Å². The van der Waals surface area contributed by atoms with Crippen molar-refractivity contribution in [1.29, 1.82) is 0 Å². The molecule has 0 radical (unpaired) electrons. The van der Waals surface area contributed by atoms with Crippen LogP contribution in [-0.2, 0) is 9.53 Å². The van der Waals surface area contributed by atoms with Gasteiger partial charge >= 0.3 is 5.97 Å². The van der Waals surface area contributed by atoms with Gasteiger partial charge in [-0.15, -0.1) is 0 Å². The van der Waals surface area contributed by atoms with Crippen LogP contribution in [0.2, 0.25) is 0 Å². The highest BCUT2D eigenvalue weighted by molar-refractivity contribution is 5.80. The van der Waals surface area contributed by atoms with E-state index in [-0.39, 0.29) is 5.97 Å². The summed E-state index contributed by atoms with van der Waals surface area (Å²) < 4.78 is 4.90. The van der Waals surface area contributed by atoms with Gasteiger partial charge in [0.05, 0.1) is 7.11 Å². The monoisotopic (exact) mass is 266 g/mol. The molecule has 1 heterocycles. The third kappa shape index (κ3) is 2.40. The summed E-state index contributed by atoms with van der Waals surface area (Å²) in [7, 11) is 1.45. The van der Waals surface area contributed by atoms with Crippen LogP contribution in [-0.4, -0.2) is 42.6 Å². The zero-order valence-corrected chi connectivity index (χ0v) is 11.9. The minimum absolute atomic E-state index is 0.225. The van der Waals surface area contributed by atoms with Gasteiger partial charge in [0.1, 0.15) is 5.54 Å². The second kappa shape index (κ2) is 5.06. The molecule has 3 fully saturated rings. The van der Waals surface area contributed by atoms with Crippen LogP contribution < -0.4 is 5.73 Å². The van der Waals surface area contributed by atoms with Gasteiger partial charge in [-0.05, 0) is 50.4 Å². The number of fused-ring (bicyclic) bond motifs is 1. The van der Waals surface area contributed by atoms with Gasteiger partial charge in [0.2, 0.25) is 0 Å². The molecule has 4 nitrogen and oxygen atoms in total. The van der Waals surface area contributed by atoms with E-state index in [4.69, 9.17) is 10.5 Å². The Balaban J connectivity index is 1.64. The maximum absolute atomic E-state index is 11.9. The fraction of sp³-hybridized carbons (Fsp3) is 0.933. The standard InChI is InChI=1S/C15H26N2O2/c1-19-14(18)15(16)7-3-6-13(8-15)17-9-11-4-2-5-12(11)10-17/h11-13H,2-10,16H2,1H3. The highest BCUT2D eigenvalue weighted by Gasteiger charge is 2.45. The van der Waals surface area contributed by atoms with E-state index in [0.717, 1.165) is 31.1 Å². The van der Waals surface area contributed by atoms with Crippen LogP contribution in [0.25, 0.3) is 0 Å². The van der Waals surface area contributed by atoms with Gasteiger partial charge in [-0.2, -0.15) is 0 Å². The average molecular weight is 266 g/mol. The van der Waals surface area contributed by atoms with Crippen molar-refractivity contribution in [3.8, 4) is 0 Å². The first-order valence-corrected chi connectivity index (χ1v) is 7.74. The molecule has 4 heteroatoms. The van der Waals surface area contributed by atoms with Crippen LogP contribution in [0.1, 0.15) is 44.9 Å². The lowest BCUT2D eigenvalue weighted by molar-refractivity contribution is -0.149. The number of methoxy groups -OCH3 is 1. The fourth-order valence-electron chi connectivity index (χ4n) is 4.55. The van der Waals surface area contributed by atoms with Gasteiger partial charge in [-0.3, -0.25) is 9.69 Å². The Hall–Kier alpha value is -0.610. The van der Waals surface area contributed by atoms with Gasteiger partial charge in [0, 0.05) is 19.1 Å². The van der Waals surface area contributed by atoms with Crippen molar-refractivity contribution in [2.24, 2.45) is 17.6 Å². The molecule has 4 atom stereocenters. The van der Waals surface area contributed by atoms with Gasteiger partial charge in [0.25, 0.3) is 0 Å². The molecule has 2 N–H and O–H groups in total. The molecule has 19 heavy (non-hydrogen) atoms. The van der Waals surface area contributed by atoms with Crippen molar-refractivity contribution >= 4 is 5.97 Å². The Morgan fingerprint density at radius 1 is 1.21 bits per heavy atom. The Bertz CT molecular complexity index is 348. The van der Waals surface area contributed by atoms with E-state index in [0.29, 0.717) is 6.04 Å². The minimum atomic E-state index is -0.741. The van der Waals surface area contributed by atoms with E-state index < -0.39 is 5.54 Å². The quantitative estimate of drug-likeness (QED) is 0.770. The molecule has 0 bridgehead atoms. The van der Waals surface area contributed by atoms with Crippen LogP contribution in [0.15, 0.2) is 0 Å². The number of ether oxygens (including phenoxy) is 1. The molecule has 3 aliphatic rings. The lowest BCUT2D eigenvalue weighted by Crippen LogP contribution is -2.56. The average Bonchev–Trinajstić information content (AvgIpc) is 2.98. The molecule has 1 aliphatic heterocycles. The molecule has 3 rings (SSSR count). The second-order valence-corrected chi connectivity index (χ2v) is 6.80. The van der Waals surface area contributed by atoms with Crippen molar-refractivity contribution in [3.05, 3.63) is 0 Å². The Morgan fingerprint density at radius 3 is 2.53 bits per heavy atom. The molecule has 2 aliphatic carbocycles. The molecule has 0 spiro atoms. The normalized spacial score (nSPS) is 43.2. The SMILES string of the molecule is COC(=O)C1(N)CCCC(N2CC3CCCC3C2)C1. The van der Waals surface area contributed by atoms with Crippen molar-refractivity contribution in [1.82, 2.24) is 4.90 Å². The summed E-state index contributed by atoms with van der Waals surface area (Å²) in [6.45, 7) is 2.46. The number of nitrogens with two attached hydrogens (primary N) is 1. The summed E-state index contributed by atoms with van der Waals surface area (Å²) >= 11 is 0. The van der Waals surface area contributed by atoms with Gasteiger partial charge in [0.15, 0.2) is 0 Å². The third-order valence-corrected chi connectivity index (χ3v) is 5.62. The first kappa shape index (κ1) is 13.4. The molecule has 0 aromatic heterocycles. The molecular formula is C15H26N2O2. The number of esters is 1. The van der Waals surface area contributed by atoms with E-state index in [9.17, 15) is 4.79 Å². The number of carbonyl (C=O) groups is 1. The van der Waals surface area contributed by atoms with Crippen LogP contribution in [0.4, 0.5) is 0 Å². The molecule has 4 unspecified atom stereocenters. The first-order chi connectivity index (χ1) is 9.12. The van der Waals surface area contributed by atoms with E-state index >= 15 is 0 Å². The van der Waals surface area contributed by atoms with Crippen LogP contribution >= 0.6 is 0 Å². The summed E-state index contributed by atoms with van der Waals surface area (Å²) in [5.74, 6) is 1.59. The van der Waals surface area contributed by atoms with Crippen molar-refractivity contribution in [3.63, 3.8) is 0 Å². The molecule has 1 saturated heterocycles. The predicted molar refractivity (Wildman–Crippen MR) is 73.6 cm³/mol. The fourth-order valence-corrected chi connectivity index (χ4v) is 4.55. The number of nitrogens with zero attached hydrogens (tertiary/aromatic N) is 1. The number of hydrogen-bond acceptors (Lipinski definition) is 4. The number of hydrogen-bond donors (Lipinski definition) is 1. The predicted octanol–water partition coefficient (Wildman–Crippen LogP) is 1.53. The minimum Gasteiger partial charge on any atom is -0.468 e. The highest BCUT2D eigenvalue weighted by Crippen LogP contribution is 2.41. The molecule has 0 aromatic carbocycles. The summed E-state index contributed by atoms with van der Waals surface area (Å²) in [4.78, 5) is 14.5. The first-order valence-electron chi connectivity index (χ1n) is 7.74. The maximum Gasteiger partial charge on any atom is 0.325 e. The van der Waals surface area contributed by atoms with Crippen molar-refractivity contribution in [2.45, 2.75) is 56.5 Å². The maximum atomic E-state index is 11.9. The third-order valence-electron chi connectivity index (χ3n) is 5.62. The van der Waals surface area contributed by atoms with Gasteiger partial charge in [-0.25, -0.2) is 0 Å². The van der Waals surface area contributed by atoms with Crippen LogP contribution in [0.5, 0.6) is 0 Å². The topological polar surface area (TPSA) is 55.6 Å². The Kier molecular flexibility index (Phi) is 3.56. The van der Waals surface area contributed by atoms with Crippen molar-refractivity contribution in [2.75, 3.05) is 20.2 Å². The lowest BCUT2D eigenvalue weighted by atomic mass is 9.79. The zero-order valence-electron chi connectivity index (χ0n) is 11.9. The lowest BCUT2D eigenvalue weighted by Gasteiger charge is -2.40. The van der Waals surface area contributed by atoms with E-state index in [1.807, 2.05) is 0 Å². The smallest absolute Gasteiger partial charge is 0.325 e. The molecule has 0 amide bonds. The van der Waals surface area contributed by atoms with Gasteiger partial charge < -0.3 is 10.5 Å². The number of carbonyl (C=O) groups excluding carboxylic acids is 1. The zero-order chi connectivity index (χ0) is 13.5. The van der Waals surface area contributed by atoms with Crippen LogP contribution in [0, 0.1) is 11.8 Å². The molecule has 108 valence electrons. The highest BCUT2D eigenvalue weighted by atomic mass is 16.5. The largest absolute Gasteiger partial charge is 0.468 e. The summed E-state index contributed by atoms with van der Waals surface area (Å²) in [6.07, 6.45) is 8.00. The summed E-state index contributed by atoms with van der Waals surface area (Å²) in [5, 5.41) is 0. The summed E-state index contributed by atoms with van der Waals surface area (Å²) in [5.41, 5.74) is 5.54. The molecule has 0 aromatic rings. The van der Waals surface area contributed by atoms with E-state index in [1.165, 1.54) is 45.9 Å². The Morgan fingerprint density at radius 2 is 1.89 bits per heavy atom. The number of rotatable bonds is 2. The molecule has 2 saturated carbocycles. The van der Waals surface area contributed by atoms with E-state index in [1.54, 1.807) is 0 Å². The van der Waals surface area contributed by atoms with Gasteiger partial charge in [-0.1, -0.05) is 6.42 Å². The second-order valence-electron chi connectivity index (χ2n) is 6.80. The number of likely N-dealkylation sites (tertiary alicyclic amines) is 1. The van der Waals surface area contributed by atoms with Crippen LogP contribution in [0.3, 0.4) is 0 Å². The molecular weight excluding hydrogens is 240 g/mol. The van der Waals surface area contributed by atoms with E-state index in [2.05, 4.69) is 4.90 Å². The van der Waals surface area contributed by atoms with Crippen molar-refractivity contribution < 1.29 is 9.53 Å².